The predicted molar refractivity (Wildman–Crippen MR) is 129 cm³/mol. The van der Waals surface area contributed by atoms with E-state index < -0.39 is 0 Å². The van der Waals surface area contributed by atoms with Crippen molar-refractivity contribution in [1.29, 1.82) is 0 Å². The molecule has 7 heteroatoms. The zero-order valence-corrected chi connectivity index (χ0v) is 18.9. The van der Waals surface area contributed by atoms with Crippen LogP contribution in [0.2, 0.25) is 5.02 Å². The van der Waals surface area contributed by atoms with Gasteiger partial charge in [0.25, 0.3) is 5.91 Å². The molecule has 4 aromatic rings. The second-order valence-electron chi connectivity index (χ2n) is 7.57. The number of aromatic nitrogens is 1. The number of carbonyl (C=O) groups is 2. The molecule has 0 spiro atoms. The number of hydrogen-bond acceptors (Lipinski definition) is 4. The van der Waals surface area contributed by atoms with Crippen molar-refractivity contribution in [1.82, 2.24) is 10.3 Å². The molecule has 2 amide bonds. The lowest BCUT2D eigenvalue weighted by molar-refractivity contribution is -0.114. The SMILES string of the molecule is CC(=O)Nc1cc(-c2cc(C(=O)NCc3ccccc3)c(-c3ccccc3Cl)o2)c(C)cn1. The monoisotopic (exact) mass is 459 g/mol. The number of carbonyl (C=O) groups excluding carboxylic acids is 2. The van der Waals surface area contributed by atoms with Gasteiger partial charge in [0.15, 0.2) is 0 Å². The van der Waals surface area contributed by atoms with Crippen molar-refractivity contribution >= 4 is 29.2 Å². The van der Waals surface area contributed by atoms with E-state index in [0.29, 0.717) is 45.6 Å². The number of hydrogen-bond donors (Lipinski definition) is 2. The predicted octanol–water partition coefficient (Wildman–Crippen LogP) is 5.86. The molecule has 0 atom stereocenters. The first-order chi connectivity index (χ1) is 15.9. The van der Waals surface area contributed by atoms with Crippen LogP contribution in [0.4, 0.5) is 5.82 Å². The minimum absolute atomic E-state index is 0.227. The largest absolute Gasteiger partial charge is 0.455 e. The van der Waals surface area contributed by atoms with Crippen molar-refractivity contribution in [3.8, 4) is 22.6 Å². The number of nitrogens with one attached hydrogen (secondary N) is 2. The zero-order valence-electron chi connectivity index (χ0n) is 18.2. The maximum Gasteiger partial charge on any atom is 0.255 e. The molecule has 0 bridgehead atoms. The van der Waals surface area contributed by atoms with Gasteiger partial charge in [0.1, 0.15) is 17.3 Å². The van der Waals surface area contributed by atoms with E-state index in [0.717, 1.165) is 11.1 Å². The highest BCUT2D eigenvalue weighted by atomic mass is 35.5. The lowest BCUT2D eigenvalue weighted by Crippen LogP contribution is -2.22. The third kappa shape index (κ3) is 5.13. The molecule has 2 aromatic carbocycles. The summed E-state index contributed by atoms with van der Waals surface area (Å²) in [5, 5.41) is 6.10. The number of halogens is 1. The number of furan rings is 1. The van der Waals surface area contributed by atoms with Crippen LogP contribution >= 0.6 is 11.6 Å². The smallest absolute Gasteiger partial charge is 0.255 e. The molecule has 166 valence electrons. The number of nitrogens with zero attached hydrogens (tertiary/aromatic N) is 1. The second-order valence-corrected chi connectivity index (χ2v) is 7.97. The van der Waals surface area contributed by atoms with Crippen LogP contribution in [0.25, 0.3) is 22.6 Å². The van der Waals surface area contributed by atoms with Crippen LogP contribution in [0.5, 0.6) is 0 Å². The van der Waals surface area contributed by atoms with Crippen LogP contribution in [0.15, 0.2) is 77.3 Å². The van der Waals surface area contributed by atoms with Crippen molar-refractivity contribution in [2.24, 2.45) is 0 Å². The fourth-order valence-electron chi connectivity index (χ4n) is 3.45. The van der Waals surface area contributed by atoms with Gasteiger partial charge < -0.3 is 15.1 Å². The summed E-state index contributed by atoms with van der Waals surface area (Å²) in [7, 11) is 0. The molecule has 0 aliphatic rings. The quantitative estimate of drug-likeness (QED) is 0.378. The minimum atomic E-state index is -0.280. The summed E-state index contributed by atoms with van der Waals surface area (Å²) in [5.41, 5.74) is 3.51. The van der Waals surface area contributed by atoms with Gasteiger partial charge in [-0.15, -0.1) is 0 Å². The fourth-order valence-corrected chi connectivity index (χ4v) is 3.67. The van der Waals surface area contributed by atoms with Gasteiger partial charge in [-0.3, -0.25) is 9.59 Å². The third-order valence-corrected chi connectivity index (χ3v) is 5.39. The van der Waals surface area contributed by atoms with Crippen molar-refractivity contribution < 1.29 is 14.0 Å². The molecule has 33 heavy (non-hydrogen) atoms. The van der Waals surface area contributed by atoms with Gasteiger partial charge >= 0.3 is 0 Å². The summed E-state index contributed by atoms with van der Waals surface area (Å²) < 4.78 is 6.20. The lowest BCUT2D eigenvalue weighted by atomic mass is 10.1. The summed E-state index contributed by atoms with van der Waals surface area (Å²) in [6.45, 7) is 3.68. The Morgan fingerprint density at radius 2 is 1.73 bits per heavy atom. The highest BCUT2D eigenvalue weighted by Crippen LogP contribution is 2.37. The molecule has 0 fully saturated rings. The van der Waals surface area contributed by atoms with Gasteiger partial charge in [0, 0.05) is 30.8 Å². The number of benzene rings is 2. The molecule has 0 unspecified atom stereocenters. The van der Waals surface area contributed by atoms with Crippen molar-refractivity contribution in [3.63, 3.8) is 0 Å². The lowest BCUT2D eigenvalue weighted by Gasteiger charge is -2.07. The van der Waals surface area contributed by atoms with E-state index in [1.165, 1.54) is 6.92 Å². The summed E-state index contributed by atoms with van der Waals surface area (Å²) in [6, 6.07) is 20.3. The number of aryl methyl sites for hydroxylation is 1. The molecule has 0 aliphatic heterocycles. The Morgan fingerprint density at radius 3 is 2.45 bits per heavy atom. The molecular formula is C26H22ClN3O3. The average molecular weight is 460 g/mol. The molecule has 0 saturated carbocycles. The minimum Gasteiger partial charge on any atom is -0.455 e. The topological polar surface area (TPSA) is 84.2 Å². The molecule has 0 radical (unpaired) electrons. The Balaban J connectivity index is 1.75. The Kier molecular flexibility index (Phi) is 6.56. The van der Waals surface area contributed by atoms with E-state index in [9.17, 15) is 9.59 Å². The maximum absolute atomic E-state index is 13.2. The van der Waals surface area contributed by atoms with Crippen LogP contribution in [-0.2, 0) is 11.3 Å². The fraction of sp³-hybridized carbons (Fsp3) is 0.115. The van der Waals surface area contributed by atoms with E-state index in [1.54, 1.807) is 30.5 Å². The number of amides is 2. The molecule has 2 heterocycles. The van der Waals surface area contributed by atoms with Crippen molar-refractivity contribution in [2.45, 2.75) is 20.4 Å². The van der Waals surface area contributed by atoms with Crippen LogP contribution in [0, 0.1) is 6.92 Å². The van der Waals surface area contributed by atoms with E-state index in [-0.39, 0.29) is 11.8 Å². The van der Waals surface area contributed by atoms with E-state index in [4.69, 9.17) is 16.0 Å². The average Bonchev–Trinajstić information content (AvgIpc) is 3.24. The highest BCUT2D eigenvalue weighted by molar-refractivity contribution is 6.33. The van der Waals surface area contributed by atoms with E-state index >= 15 is 0 Å². The molecule has 6 nitrogen and oxygen atoms in total. The molecular weight excluding hydrogens is 438 g/mol. The Bertz CT molecular complexity index is 1320. The van der Waals surface area contributed by atoms with Gasteiger partial charge in [0.05, 0.1) is 10.6 Å². The Morgan fingerprint density at radius 1 is 1.00 bits per heavy atom. The van der Waals surface area contributed by atoms with Crippen LogP contribution in [0.1, 0.15) is 28.4 Å². The first kappa shape index (κ1) is 22.3. The van der Waals surface area contributed by atoms with E-state index in [1.807, 2.05) is 49.4 Å². The molecule has 0 aliphatic carbocycles. The first-order valence-corrected chi connectivity index (χ1v) is 10.8. The maximum atomic E-state index is 13.2. The van der Waals surface area contributed by atoms with Crippen molar-refractivity contribution in [2.75, 3.05) is 5.32 Å². The van der Waals surface area contributed by atoms with Crippen LogP contribution in [0.3, 0.4) is 0 Å². The van der Waals surface area contributed by atoms with Gasteiger partial charge in [-0.05, 0) is 42.3 Å². The van der Waals surface area contributed by atoms with Gasteiger partial charge in [-0.2, -0.15) is 0 Å². The second kappa shape index (κ2) is 9.71. The standard InChI is InChI=1S/C26H22ClN3O3/c1-16-14-28-24(30-17(2)31)13-20(16)23-12-21(25(33-23)19-10-6-7-11-22(19)27)26(32)29-15-18-8-4-3-5-9-18/h3-14H,15H2,1-2H3,(H,29,32)(H,28,30,31). The molecule has 2 N–H and O–H groups in total. The van der Waals surface area contributed by atoms with Crippen LogP contribution in [-0.4, -0.2) is 16.8 Å². The molecule has 2 aromatic heterocycles. The summed E-state index contributed by atoms with van der Waals surface area (Å²) in [6.07, 6.45) is 1.65. The number of pyridine rings is 1. The Labute approximate surface area is 196 Å². The number of rotatable bonds is 6. The summed E-state index contributed by atoms with van der Waals surface area (Å²) in [5.74, 6) is 0.737. The van der Waals surface area contributed by atoms with Gasteiger partial charge in [0.2, 0.25) is 5.91 Å². The summed E-state index contributed by atoms with van der Waals surface area (Å²) >= 11 is 6.43. The van der Waals surface area contributed by atoms with Crippen molar-refractivity contribution in [3.05, 3.63) is 94.6 Å². The molecule has 0 saturated heterocycles. The van der Waals surface area contributed by atoms with Crippen LogP contribution < -0.4 is 10.6 Å². The normalized spacial score (nSPS) is 10.6. The van der Waals surface area contributed by atoms with Gasteiger partial charge in [-0.25, -0.2) is 4.98 Å². The molecule has 4 rings (SSSR count). The Hall–Kier alpha value is -3.90. The zero-order chi connectivity index (χ0) is 23.4. The summed E-state index contributed by atoms with van der Waals surface area (Å²) in [4.78, 5) is 28.9. The first-order valence-electron chi connectivity index (χ1n) is 10.4. The number of anilines is 1. The van der Waals surface area contributed by atoms with E-state index in [2.05, 4.69) is 15.6 Å². The highest BCUT2D eigenvalue weighted by Gasteiger charge is 2.22. The van der Waals surface area contributed by atoms with Gasteiger partial charge in [-0.1, -0.05) is 54.1 Å². The third-order valence-electron chi connectivity index (χ3n) is 5.06.